The van der Waals surface area contributed by atoms with E-state index in [1.165, 1.54) is 6.92 Å². The van der Waals surface area contributed by atoms with Gasteiger partial charge in [-0.2, -0.15) is 0 Å². The molecule has 0 aromatic rings. The van der Waals surface area contributed by atoms with Crippen LogP contribution in [0.15, 0.2) is 0 Å². The molecular formula is C20H38N6O7. The quantitative estimate of drug-likeness (QED) is 0.108. The average Bonchev–Trinajstić information content (AvgIpc) is 2.69. The van der Waals surface area contributed by atoms with Gasteiger partial charge in [0, 0.05) is 0 Å². The van der Waals surface area contributed by atoms with Crippen LogP contribution in [0.1, 0.15) is 52.9 Å². The van der Waals surface area contributed by atoms with Crippen molar-refractivity contribution in [2.75, 3.05) is 6.54 Å². The second-order valence-electron chi connectivity index (χ2n) is 8.38. The third-order valence-electron chi connectivity index (χ3n) is 4.73. The van der Waals surface area contributed by atoms with Crippen LogP contribution in [0.5, 0.6) is 0 Å². The topological polar surface area (TPSA) is 240 Å². The number of hydrogen-bond acceptors (Lipinski definition) is 8. The first-order chi connectivity index (χ1) is 15.3. The minimum absolute atomic E-state index is 0.0461. The summed E-state index contributed by atoms with van der Waals surface area (Å²) in [4.78, 5) is 60.4. The highest BCUT2D eigenvalue weighted by Crippen LogP contribution is 2.07. The minimum Gasteiger partial charge on any atom is -0.480 e. The molecule has 0 aliphatic carbocycles. The molecule has 0 aliphatic rings. The second-order valence-corrected chi connectivity index (χ2v) is 8.38. The maximum Gasteiger partial charge on any atom is 0.326 e. The molecule has 0 saturated carbocycles. The molecule has 0 aromatic heterocycles. The predicted octanol–water partition coefficient (Wildman–Crippen LogP) is -2.72. The molecule has 0 rings (SSSR count). The van der Waals surface area contributed by atoms with Crippen molar-refractivity contribution in [2.24, 2.45) is 23.1 Å². The number of aliphatic hydroxyl groups is 1. The Morgan fingerprint density at radius 3 is 1.91 bits per heavy atom. The van der Waals surface area contributed by atoms with E-state index in [0.29, 0.717) is 25.8 Å². The van der Waals surface area contributed by atoms with Gasteiger partial charge in [0.05, 0.1) is 18.6 Å². The molecule has 0 heterocycles. The van der Waals surface area contributed by atoms with E-state index in [4.69, 9.17) is 17.2 Å². The molecule has 0 aromatic carbocycles. The number of nitrogens with two attached hydrogens (primary N) is 3. The van der Waals surface area contributed by atoms with Crippen LogP contribution in [0.2, 0.25) is 0 Å². The fourth-order valence-corrected chi connectivity index (χ4v) is 2.94. The normalized spacial score (nSPS) is 15.6. The summed E-state index contributed by atoms with van der Waals surface area (Å²) < 4.78 is 0. The van der Waals surface area contributed by atoms with Crippen LogP contribution >= 0.6 is 0 Å². The number of nitrogens with one attached hydrogen (secondary N) is 3. The predicted molar refractivity (Wildman–Crippen MR) is 119 cm³/mol. The summed E-state index contributed by atoms with van der Waals surface area (Å²) >= 11 is 0. The number of aliphatic carboxylic acids is 1. The first-order valence-electron chi connectivity index (χ1n) is 10.9. The summed E-state index contributed by atoms with van der Waals surface area (Å²) in [5.74, 6) is -4.81. The molecular weight excluding hydrogens is 436 g/mol. The largest absolute Gasteiger partial charge is 0.480 e. The van der Waals surface area contributed by atoms with Gasteiger partial charge in [0.1, 0.15) is 18.1 Å². The van der Waals surface area contributed by atoms with Crippen molar-refractivity contribution in [3.05, 3.63) is 0 Å². The summed E-state index contributed by atoms with van der Waals surface area (Å²) in [5.41, 5.74) is 16.4. The van der Waals surface area contributed by atoms with Crippen molar-refractivity contribution in [2.45, 2.75) is 83.1 Å². The van der Waals surface area contributed by atoms with Gasteiger partial charge in [0.2, 0.25) is 23.6 Å². The summed E-state index contributed by atoms with van der Waals surface area (Å²) in [6, 6.07) is -5.18. The molecule has 11 N–H and O–H groups in total. The Morgan fingerprint density at radius 1 is 0.879 bits per heavy atom. The van der Waals surface area contributed by atoms with Crippen molar-refractivity contribution in [1.82, 2.24) is 16.0 Å². The fraction of sp³-hybridized carbons (Fsp3) is 0.750. The number of carboxylic acid groups (broad SMARTS) is 1. The van der Waals surface area contributed by atoms with Gasteiger partial charge >= 0.3 is 5.97 Å². The number of amides is 4. The molecule has 0 radical (unpaired) electrons. The number of hydrogen-bond donors (Lipinski definition) is 8. The SMILES string of the molecule is CC(C)CC(NC(=O)C(NC(=O)C(CC(N)=O)NC(=O)C(N)CCCCN)C(C)O)C(=O)O. The lowest BCUT2D eigenvalue weighted by Gasteiger charge is -2.26. The average molecular weight is 475 g/mol. The van der Waals surface area contributed by atoms with Crippen LogP contribution in [0.3, 0.4) is 0 Å². The van der Waals surface area contributed by atoms with Gasteiger partial charge in [-0.1, -0.05) is 20.3 Å². The Labute approximate surface area is 193 Å². The Morgan fingerprint density at radius 2 is 1.45 bits per heavy atom. The summed E-state index contributed by atoms with van der Waals surface area (Å²) in [5, 5.41) is 26.1. The van der Waals surface area contributed by atoms with Gasteiger partial charge in [-0.3, -0.25) is 19.2 Å². The van der Waals surface area contributed by atoms with E-state index >= 15 is 0 Å². The highest BCUT2D eigenvalue weighted by molar-refractivity contribution is 5.96. The lowest BCUT2D eigenvalue weighted by atomic mass is 10.0. The zero-order chi connectivity index (χ0) is 25.7. The number of carbonyl (C=O) groups is 5. The van der Waals surface area contributed by atoms with Crippen molar-refractivity contribution in [3.8, 4) is 0 Å². The Hall–Kier alpha value is -2.77. The molecule has 0 spiro atoms. The van der Waals surface area contributed by atoms with Gasteiger partial charge in [0.15, 0.2) is 0 Å². The van der Waals surface area contributed by atoms with Gasteiger partial charge < -0.3 is 43.4 Å². The van der Waals surface area contributed by atoms with Crippen LogP contribution in [-0.4, -0.2) is 76.6 Å². The monoisotopic (exact) mass is 474 g/mol. The maximum atomic E-state index is 12.7. The molecule has 190 valence electrons. The first kappa shape index (κ1) is 30.2. The highest BCUT2D eigenvalue weighted by atomic mass is 16.4. The second kappa shape index (κ2) is 15.1. The first-order valence-corrected chi connectivity index (χ1v) is 10.9. The third kappa shape index (κ3) is 12.2. The number of unbranched alkanes of at least 4 members (excludes halogenated alkanes) is 1. The molecule has 5 unspecified atom stereocenters. The van der Waals surface area contributed by atoms with Crippen LogP contribution in [0.25, 0.3) is 0 Å². The molecule has 13 heteroatoms. The molecule has 0 aliphatic heterocycles. The van der Waals surface area contributed by atoms with E-state index < -0.39 is 66.3 Å². The summed E-state index contributed by atoms with van der Waals surface area (Å²) in [6.45, 7) is 5.20. The lowest BCUT2D eigenvalue weighted by Crippen LogP contribution is -2.60. The summed E-state index contributed by atoms with van der Waals surface area (Å²) in [6.07, 6.45) is -0.310. The number of rotatable bonds is 16. The molecule has 4 amide bonds. The van der Waals surface area contributed by atoms with Crippen LogP contribution in [0, 0.1) is 5.92 Å². The lowest BCUT2D eigenvalue weighted by molar-refractivity contribution is -0.143. The molecule has 33 heavy (non-hydrogen) atoms. The van der Waals surface area contributed by atoms with E-state index in [1.54, 1.807) is 13.8 Å². The Bertz CT molecular complexity index is 686. The highest BCUT2D eigenvalue weighted by Gasteiger charge is 2.33. The van der Waals surface area contributed by atoms with E-state index in [2.05, 4.69) is 16.0 Å². The number of aliphatic hydroxyl groups excluding tert-OH is 1. The number of carboxylic acids is 1. The Kier molecular flexibility index (Phi) is 13.9. The number of primary amides is 1. The van der Waals surface area contributed by atoms with Crippen LogP contribution in [0.4, 0.5) is 0 Å². The van der Waals surface area contributed by atoms with Gasteiger partial charge in [-0.05, 0) is 38.6 Å². The Balaban J connectivity index is 5.36. The van der Waals surface area contributed by atoms with Crippen LogP contribution in [-0.2, 0) is 24.0 Å². The van der Waals surface area contributed by atoms with Crippen molar-refractivity contribution < 1.29 is 34.2 Å². The van der Waals surface area contributed by atoms with Gasteiger partial charge in [0.25, 0.3) is 0 Å². The molecule has 5 atom stereocenters. The number of carbonyl (C=O) groups excluding carboxylic acids is 4. The van der Waals surface area contributed by atoms with Gasteiger partial charge in [-0.25, -0.2) is 4.79 Å². The van der Waals surface area contributed by atoms with Crippen LogP contribution < -0.4 is 33.2 Å². The zero-order valence-electron chi connectivity index (χ0n) is 19.4. The molecule has 0 bridgehead atoms. The van der Waals surface area contributed by atoms with E-state index in [9.17, 15) is 34.2 Å². The maximum absolute atomic E-state index is 12.7. The van der Waals surface area contributed by atoms with Crippen molar-refractivity contribution >= 4 is 29.6 Å². The van der Waals surface area contributed by atoms with E-state index in [0.717, 1.165) is 0 Å². The third-order valence-corrected chi connectivity index (χ3v) is 4.73. The standard InChI is InChI=1S/C20H38N6O7/c1-10(2)8-14(20(32)33)25-19(31)16(11(3)27)26-18(30)13(9-15(23)28)24-17(29)12(22)6-4-5-7-21/h10-14,16,27H,4-9,21-22H2,1-3H3,(H2,23,28)(H,24,29)(H,25,31)(H,26,30)(H,32,33). The molecule has 0 saturated heterocycles. The van der Waals surface area contributed by atoms with Crippen molar-refractivity contribution in [1.29, 1.82) is 0 Å². The minimum atomic E-state index is -1.54. The summed E-state index contributed by atoms with van der Waals surface area (Å²) in [7, 11) is 0. The zero-order valence-corrected chi connectivity index (χ0v) is 19.4. The molecule has 0 fully saturated rings. The molecule has 13 nitrogen and oxygen atoms in total. The van der Waals surface area contributed by atoms with E-state index in [1.807, 2.05) is 0 Å². The fourth-order valence-electron chi connectivity index (χ4n) is 2.94. The smallest absolute Gasteiger partial charge is 0.326 e. The van der Waals surface area contributed by atoms with Crippen molar-refractivity contribution in [3.63, 3.8) is 0 Å². The van der Waals surface area contributed by atoms with E-state index in [-0.39, 0.29) is 12.3 Å². The van der Waals surface area contributed by atoms with Gasteiger partial charge in [-0.15, -0.1) is 0 Å².